The van der Waals surface area contributed by atoms with Crippen molar-refractivity contribution in [3.63, 3.8) is 0 Å². The molecule has 0 spiro atoms. The van der Waals surface area contributed by atoms with Gasteiger partial charge in [0.15, 0.2) is 4.80 Å². The van der Waals surface area contributed by atoms with E-state index in [1.807, 2.05) is 11.6 Å². The van der Waals surface area contributed by atoms with Crippen LogP contribution in [0.4, 0.5) is 4.79 Å². The van der Waals surface area contributed by atoms with Crippen molar-refractivity contribution in [1.82, 2.24) is 9.47 Å². The second kappa shape index (κ2) is 5.56. The highest BCUT2D eigenvalue weighted by molar-refractivity contribution is 7.09. The number of aryl methyl sites for hydroxylation is 1. The van der Waals surface area contributed by atoms with Crippen molar-refractivity contribution in [3.05, 3.63) is 15.9 Å². The van der Waals surface area contributed by atoms with E-state index in [-0.39, 0.29) is 0 Å². The van der Waals surface area contributed by atoms with E-state index in [4.69, 9.17) is 5.11 Å². The molecule has 0 radical (unpaired) electrons. The summed E-state index contributed by atoms with van der Waals surface area (Å²) in [6, 6.07) is 0. The van der Waals surface area contributed by atoms with Gasteiger partial charge in [-0.2, -0.15) is 0 Å². The fourth-order valence-electron chi connectivity index (χ4n) is 2.40. The zero-order chi connectivity index (χ0) is 13.1. The third-order valence-electron chi connectivity index (χ3n) is 3.43. The number of likely N-dealkylation sites (tertiary alicyclic amines) is 1. The predicted octanol–water partition coefficient (Wildman–Crippen LogP) is 1.55. The van der Waals surface area contributed by atoms with Gasteiger partial charge in [-0.25, -0.2) is 4.79 Å². The molecule has 0 atom stereocenters. The summed E-state index contributed by atoms with van der Waals surface area (Å²) in [5.74, 6) is 0.601. The Morgan fingerprint density at radius 2 is 2.22 bits per heavy atom. The van der Waals surface area contributed by atoms with Gasteiger partial charge in [0.2, 0.25) is 0 Å². The Hall–Kier alpha value is -1.30. The summed E-state index contributed by atoms with van der Waals surface area (Å²) in [5.41, 5.74) is 0. The first-order valence-electron chi connectivity index (χ1n) is 6.16. The minimum Gasteiger partial charge on any atom is -0.465 e. The molecule has 1 aromatic rings. The summed E-state index contributed by atoms with van der Waals surface area (Å²) in [7, 11) is 3.82. The SMILES string of the molecule is C/N=c1\sc(CC2CCN(C(=O)O)CC2)cn1C. The van der Waals surface area contributed by atoms with Crippen LogP contribution in [0.1, 0.15) is 17.7 Å². The minimum absolute atomic E-state index is 0.601. The second-order valence-corrected chi connectivity index (χ2v) is 5.83. The average molecular weight is 269 g/mol. The first kappa shape index (κ1) is 13.1. The molecule has 6 heteroatoms. The number of rotatable bonds is 2. The lowest BCUT2D eigenvalue weighted by atomic mass is 9.93. The number of nitrogens with zero attached hydrogens (tertiary/aromatic N) is 3. The van der Waals surface area contributed by atoms with E-state index >= 15 is 0 Å². The third-order valence-corrected chi connectivity index (χ3v) is 4.62. The standard InChI is InChI=1S/C12H19N3O2S/c1-13-11-14(2)8-10(18-11)7-9-3-5-15(6-4-9)12(16)17/h8-9H,3-7H2,1-2H3,(H,16,17)/b13-11-. The number of thiazole rings is 1. The van der Waals surface area contributed by atoms with Crippen molar-refractivity contribution >= 4 is 17.4 Å². The van der Waals surface area contributed by atoms with E-state index in [0.717, 1.165) is 24.1 Å². The normalized spacial score (nSPS) is 18.3. The Labute approximate surface area is 110 Å². The van der Waals surface area contributed by atoms with Gasteiger partial charge in [0, 0.05) is 38.3 Å². The lowest BCUT2D eigenvalue weighted by Gasteiger charge is -2.29. The number of hydrogen-bond donors (Lipinski definition) is 1. The quantitative estimate of drug-likeness (QED) is 0.885. The van der Waals surface area contributed by atoms with Gasteiger partial charge >= 0.3 is 6.09 Å². The van der Waals surface area contributed by atoms with Gasteiger partial charge in [-0.15, -0.1) is 11.3 Å². The molecular weight excluding hydrogens is 250 g/mol. The Kier molecular flexibility index (Phi) is 4.06. The number of piperidine rings is 1. The molecule has 0 aliphatic carbocycles. The average Bonchev–Trinajstić information content (AvgIpc) is 2.70. The molecule has 100 valence electrons. The van der Waals surface area contributed by atoms with Crippen molar-refractivity contribution in [2.45, 2.75) is 19.3 Å². The first-order valence-corrected chi connectivity index (χ1v) is 6.98. The van der Waals surface area contributed by atoms with Crippen molar-refractivity contribution in [2.75, 3.05) is 20.1 Å². The predicted molar refractivity (Wildman–Crippen MR) is 70.8 cm³/mol. The van der Waals surface area contributed by atoms with E-state index in [1.54, 1.807) is 18.4 Å². The fraction of sp³-hybridized carbons (Fsp3) is 0.667. The number of carbonyl (C=O) groups is 1. The summed E-state index contributed by atoms with van der Waals surface area (Å²) < 4.78 is 2.05. The molecule has 1 N–H and O–H groups in total. The van der Waals surface area contributed by atoms with Gasteiger partial charge in [0.1, 0.15) is 0 Å². The van der Waals surface area contributed by atoms with Crippen molar-refractivity contribution in [1.29, 1.82) is 0 Å². The van der Waals surface area contributed by atoms with Crippen molar-refractivity contribution < 1.29 is 9.90 Å². The molecule has 0 bridgehead atoms. The van der Waals surface area contributed by atoms with E-state index in [0.29, 0.717) is 19.0 Å². The van der Waals surface area contributed by atoms with Crippen LogP contribution in [0.5, 0.6) is 0 Å². The first-order chi connectivity index (χ1) is 8.60. The number of aromatic nitrogens is 1. The molecule has 0 aromatic carbocycles. The van der Waals surface area contributed by atoms with Crippen LogP contribution in [0.3, 0.4) is 0 Å². The van der Waals surface area contributed by atoms with Crippen LogP contribution in [0, 0.1) is 5.92 Å². The van der Waals surface area contributed by atoms with E-state index < -0.39 is 6.09 Å². The van der Waals surface area contributed by atoms with Crippen molar-refractivity contribution in [2.24, 2.45) is 18.0 Å². The van der Waals surface area contributed by atoms with Gasteiger partial charge < -0.3 is 14.6 Å². The lowest BCUT2D eigenvalue weighted by molar-refractivity contribution is 0.124. The maximum absolute atomic E-state index is 10.8. The Morgan fingerprint density at radius 3 is 2.72 bits per heavy atom. The van der Waals surface area contributed by atoms with Gasteiger partial charge in [-0.3, -0.25) is 4.99 Å². The summed E-state index contributed by atoms with van der Waals surface area (Å²) in [5, 5.41) is 8.90. The summed E-state index contributed by atoms with van der Waals surface area (Å²) in [6.45, 7) is 1.34. The molecular formula is C12H19N3O2S. The molecule has 1 amide bonds. The lowest BCUT2D eigenvalue weighted by Crippen LogP contribution is -2.37. The maximum atomic E-state index is 10.8. The molecule has 0 saturated carbocycles. The van der Waals surface area contributed by atoms with Crippen LogP contribution in [0.15, 0.2) is 11.2 Å². The van der Waals surface area contributed by atoms with Crippen LogP contribution in [-0.4, -0.2) is 40.8 Å². The third kappa shape index (κ3) is 2.93. The highest BCUT2D eigenvalue weighted by atomic mass is 32.1. The summed E-state index contributed by atoms with van der Waals surface area (Å²) in [4.78, 5) is 18.9. The molecule has 1 aliphatic rings. The number of carboxylic acid groups (broad SMARTS) is 1. The van der Waals surface area contributed by atoms with E-state index in [9.17, 15) is 4.79 Å². The minimum atomic E-state index is -0.789. The number of amides is 1. The maximum Gasteiger partial charge on any atom is 0.407 e. The van der Waals surface area contributed by atoms with Crippen LogP contribution >= 0.6 is 11.3 Å². The van der Waals surface area contributed by atoms with E-state index in [1.165, 1.54) is 9.78 Å². The second-order valence-electron chi connectivity index (χ2n) is 4.73. The molecule has 1 saturated heterocycles. The smallest absolute Gasteiger partial charge is 0.407 e. The topological polar surface area (TPSA) is 57.8 Å². The highest BCUT2D eigenvalue weighted by Crippen LogP contribution is 2.22. The molecule has 5 nitrogen and oxygen atoms in total. The largest absolute Gasteiger partial charge is 0.465 e. The zero-order valence-corrected chi connectivity index (χ0v) is 11.6. The Balaban J connectivity index is 1.93. The Morgan fingerprint density at radius 1 is 1.56 bits per heavy atom. The fourth-order valence-corrected chi connectivity index (χ4v) is 3.45. The van der Waals surface area contributed by atoms with Crippen LogP contribution in [0.2, 0.25) is 0 Å². The van der Waals surface area contributed by atoms with E-state index in [2.05, 4.69) is 11.2 Å². The van der Waals surface area contributed by atoms with Crippen molar-refractivity contribution in [3.8, 4) is 0 Å². The van der Waals surface area contributed by atoms with Gasteiger partial charge in [-0.05, 0) is 25.2 Å². The molecule has 0 unspecified atom stereocenters. The van der Waals surface area contributed by atoms with Crippen LogP contribution < -0.4 is 4.80 Å². The molecule has 1 aromatic heterocycles. The van der Waals surface area contributed by atoms with Crippen LogP contribution in [0.25, 0.3) is 0 Å². The number of hydrogen-bond acceptors (Lipinski definition) is 3. The molecule has 2 rings (SSSR count). The Bertz CT molecular complexity index is 484. The summed E-state index contributed by atoms with van der Waals surface area (Å²) in [6.07, 6.45) is 4.32. The van der Waals surface area contributed by atoms with Gasteiger partial charge in [0.05, 0.1) is 0 Å². The van der Waals surface area contributed by atoms with Gasteiger partial charge in [-0.1, -0.05) is 0 Å². The molecule has 18 heavy (non-hydrogen) atoms. The van der Waals surface area contributed by atoms with Crippen LogP contribution in [-0.2, 0) is 13.5 Å². The molecule has 2 heterocycles. The molecule has 1 fully saturated rings. The summed E-state index contributed by atoms with van der Waals surface area (Å²) >= 11 is 1.73. The zero-order valence-electron chi connectivity index (χ0n) is 10.8. The highest BCUT2D eigenvalue weighted by Gasteiger charge is 2.22. The molecule has 1 aliphatic heterocycles. The van der Waals surface area contributed by atoms with Gasteiger partial charge in [0.25, 0.3) is 0 Å². The monoisotopic (exact) mass is 269 g/mol.